The minimum absolute atomic E-state index is 0.718. The lowest BCUT2D eigenvalue weighted by Gasteiger charge is -2.07. The topological polar surface area (TPSA) is 52.0 Å². The number of nitrogens with two attached hydrogens (primary N) is 2. The first kappa shape index (κ1) is 10.1. The SMILES string of the molecule is Nc1cc(-c2ccccc2N)ccc1Br. The average Bonchev–Trinajstić information content (AvgIpc) is 2.23. The third kappa shape index (κ3) is 1.97. The summed E-state index contributed by atoms with van der Waals surface area (Å²) >= 11 is 3.36. The summed E-state index contributed by atoms with van der Waals surface area (Å²) in [6.45, 7) is 0. The molecule has 0 aromatic heterocycles. The van der Waals surface area contributed by atoms with Crippen LogP contribution in [0.1, 0.15) is 0 Å². The van der Waals surface area contributed by atoms with Gasteiger partial charge in [0, 0.05) is 21.4 Å². The lowest BCUT2D eigenvalue weighted by molar-refractivity contribution is 1.58. The van der Waals surface area contributed by atoms with Crippen molar-refractivity contribution in [2.45, 2.75) is 0 Å². The summed E-state index contributed by atoms with van der Waals surface area (Å²) in [5.41, 5.74) is 15.2. The summed E-state index contributed by atoms with van der Waals surface area (Å²) in [5, 5.41) is 0. The first-order valence-corrected chi connectivity index (χ1v) is 5.37. The van der Waals surface area contributed by atoms with Crippen molar-refractivity contribution in [2.75, 3.05) is 11.5 Å². The van der Waals surface area contributed by atoms with Crippen LogP contribution in [0.2, 0.25) is 0 Å². The highest BCUT2D eigenvalue weighted by Crippen LogP contribution is 2.30. The molecule has 3 heteroatoms. The quantitative estimate of drug-likeness (QED) is 0.776. The van der Waals surface area contributed by atoms with E-state index in [0.29, 0.717) is 0 Å². The molecule has 0 fully saturated rings. The van der Waals surface area contributed by atoms with E-state index in [1.807, 2.05) is 42.5 Å². The second kappa shape index (κ2) is 3.95. The van der Waals surface area contributed by atoms with Crippen molar-refractivity contribution >= 4 is 27.3 Å². The molecule has 0 saturated carbocycles. The van der Waals surface area contributed by atoms with E-state index in [1.54, 1.807) is 0 Å². The van der Waals surface area contributed by atoms with Crippen molar-refractivity contribution in [1.29, 1.82) is 0 Å². The molecular weight excluding hydrogens is 252 g/mol. The summed E-state index contributed by atoms with van der Waals surface area (Å²) in [4.78, 5) is 0. The molecule has 0 spiro atoms. The minimum Gasteiger partial charge on any atom is -0.398 e. The molecule has 0 heterocycles. The first-order valence-electron chi connectivity index (χ1n) is 4.58. The van der Waals surface area contributed by atoms with Crippen LogP contribution in [0.4, 0.5) is 11.4 Å². The fourth-order valence-corrected chi connectivity index (χ4v) is 1.72. The molecule has 4 N–H and O–H groups in total. The van der Waals surface area contributed by atoms with Gasteiger partial charge in [0.05, 0.1) is 0 Å². The molecule has 2 aromatic rings. The van der Waals surface area contributed by atoms with Crippen LogP contribution in [0, 0.1) is 0 Å². The second-order valence-corrected chi connectivity index (χ2v) is 4.18. The molecule has 76 valence electrons. The average molecular weight is 263 g/mol. The molecule has 0 aliphatic heterocycles. The van der Waals surface area contributed by atoms with Crippen LogP contribution >= 0.6 is 15.9 Å². The predicted octanol–water partition coefficient (Wildman–Crippen LogP) is 3.28. The maximum absolute atomic E-state index is 5.89. The molecule has 0 aliphatic carbocycles. The lowest BCUT2D eigenvalue weighted by Crippen LogP contribution is -1.91. The lowest BCUT2D eigenvalue weighted by atomic mass is 10.0. The Kier molecular flexibility index (Phi) is 2.64. The Bertz CT molecular complexity index is 495. The van der Waals surface area contributed by atoms with Gasteiger partial charge in [0.25, 0.3) is 0 Å². The van der Waals surface area contributed by atoms with Crippen molar-refractivity contribution in [3.63, 3.8) is 0 Å². The summed E-state index contributed by atoms with van der Waals surface area (Å²) in [5.74, 6) is 0. The van der Waals surface area contributed by atoms with Crippen LogP contribution in [-0.4, -0.2) is 0 Å². The third-order valence-electron chi connectivity index (χ3n) is 2.27. The maximum atomic E-state index is 5.89. The van der Waals surface area contributed by atoms with Crippen LogP contribution in [0.5, 0.6) is 0 Å². The van der Waals surface area contributed by atoms with Crippen LogP contribution in [0.3, 0.4) is 0 Å². The van der Waals surface area contributed by atoms with Gasteiger partial charge in [-0.2, -0.15) is 0 Å². The van der Waals surface area contributed by atoms with E-state index in [2.05, 4.69) is 15.9 Å². The molecule has 0 atom stereocenters. The molecule has 0 aliphatic rings. The predicted molar refractivity (Wildman–Crippen MR) is 68.4 cm³/mol. The highest BCUT2D eigenvalue weighted by Gasteiger charge is 2.03. The van der Waals surface area contributed by atoms with Gasteiger partial charge in [-0.3, -0.25) is 0 Å². The number of benzene rings is 2. The van der Waals surface area contributed by atoms with Gasteiger partial charge < -0.3 is 11.5 Å². The molecule has 2 nitrogen and oxygen atoms in total. The molecule has 0 amide bonds. The smallest absolute Gasteiger partial charge is 0.0464 e. The fraction of sp³-hybridized carbons (Fsp3) is 0. The maximum Gasteiger partial charge on any atom is 0.0464 e. The van der Waals surface area contributed by atoms with Crippen molar-refractivity contribution in [3.8, 4) is 11.1 Å². The van der Waals surface area contributed by atoms with Gasteiger partial charge in [0.15, 0.2) is 0 Å². The Balaban J connectivity index is 2.55. The van der Waals surface area contributed by atoms with E-state index in [-0.39, 0.29) is 0 Å². The number of para-hydroxylation sites is 1. The standard InChI is InChI=1S/C12H11BrN2/c13-10-6-5-8(7-12(10)15)9-3-1-2-4-11(9)14/h1-7H,14-15H2. The summed E-state index contributed by atoms with van der Waals surface area (Å²) < 4.78 is 0.903. The molecule has 2 aromatic carbocycles. The number of nitrogen functional groups attached to an aromatic ring is 2. The Morgan fingerprint density at radius 2 is 1.60 bits per heavy atom. The molecule has 2 rings (SSSR count). The summed E-state index contributed by atoms with van der Waals surface area (Å²) in [6.07, 6.45) is 0. The van der Waals surface area contributed by atoms with Gasteiger partial charge in [-0.15, -0.1) is 0 Å². The fourth-order valence-electron chi connectivity index (χ4n) is 1.47. The highest BCUT2D eigenvalue weighted by molar-refractivity contribution is 9.10. The Morgan fingerprint density at radius 1 is 0.867 bits per heavy atom. The van der Waals surface area contributed by atoms with Gasteiger partial charge in [-0.05, 0) is 39.7 Å². The Labute approximate surface area is 97.0 Å². The molecule has 15 heavy (non-hydrogen) atoms. The van der Waals surface area contributed by atoms with E-state index >= 15 is 0 Å². The number of anilines is 2. The summed E-state index contributed by atoms with van der Waals surface area (Å²) in [7, 11) is 0. The van der Waals surface area contributed by atoms with Crippen molar-refractivity contribution in [1.82, 2.24) is 0 Å². The van der Waals surface area contributed by atoms with Crippen LogP contribution in [0.15, 0.2) is 46.9 Å². The van der Waals surface area contributed by atoms with E-state index in [4.69, 9.17) is 11.5 Å². The Morgan fingerprint density at radius 3 is 2.27 bits per heavy atom. The molecule has 0 radical (unpaired) electrons. The highest BCUT2D eigenvalue weighted by atomic mass is 79.9. The zero-order valence-corrected chi connectivity index (χ0v) is 9.66. The molecule has 0 bridgehead atoms. The first-order chi connectivity index (χ1) is 7.18. The number of hydrogen-bond acceptors (Lipinski definition) is 2. The van der Waals surface area contributed by atoms with E-state index in [1.165, 1.54) is 0 Å². The molecule has 0 saturated heterocycles. The third-order valence-corrected chi connectivity index (χ3v) is 2.99. The van der Waals surface area contributed by atoms with Crippen LogP contribution in [0.25, 0.3) is 11.1 Å². The van der Waals surface area contributed by atoms with Crippen LogP contribution < -0.4 is 11.5 Å². The monoisotopic (exact) mass is 262 g/mol. The van der Waals surface area contributed by atoms with Crippen molar-refractivity contribution in [2.24, 2.45) is 0 Å². The van der Waals surface area contributed by atoms with Crippen molar-refractivity contribution in [3.05, 3.63) is 46.9 Å². The number of halogens is 1. The largest absolute Gasteiger partial charge is 0.398 e. The minimum atomic E-state index is 0.718. The van der Waals surface area contributed by atoms with Gasteiger partial charge >= 0.3 is 0 Å². The van der Waals surface area contributed by atoms with Gasteiger partial charge in [-0.25, -0.2) is 0 Å². The Hall–Kier alpha value is -1.48. The number of rotatable bonds is 1. The van der Waals surface area contributed by atoms with E-state index in [9.17, 15) is 0 Å². The van der Waals surface area contributed by atoms with Crippen molar-refractivity contribution < 1.29 is 0 Å². The molecule has 0 unspecified atom stereocenters. The zero-order valence-electron chi connectivity index (χ0n) is 8.07. The van der Waals surface area contributed by atoms with Gasteiger partial charge in [0.1, 0.15) is 0 Å². The normalized spacial score (nSPS) is 10.2. The van der Waals surface area contributed by atoms with E-state index in [0.717, 1.165) is 27.0 Å². The summed E-state index contributed by atoms with van der Waals surface area (Å²) in [6, 6.07) is 13.6. The zero-order chi connectivity index (χ0) is 10.8. The second-order valence-electron chi connectivity index (χ2n) is 3.32. The van der Waals surface area contributed by atoms with E-state index < -0.39 is 0 Å². The van der Waals surface area contributed by atoms with Gasteiger partial charge in [-0.1, -0.05) is 24.3 Å². The van der Waals surface area contributed by atoms with Crippen LogP contribution in [-0.2, 0) is 0 Å². The molecular formula is C12H11BrN2. The van der Waals surface area contributed by atoms with Gasteiger partial charge in [0.2, 0.25) is 0 Å². The number of hydrogen-bond donors (Lipinski definition) is 2.